The fraction of sp³-hybridized carbons (Fsp3) is 0.0606. The Hall–Kier alpha value is -13.3. The van der Waals surface area contributed by atoms with E-state index in [-0.39, 0.29) is 10.8 Å². The Bertz CT molecular complexity index is 6420. The highest BCUT2D eigenvalue weighted by Gasteiger charge is 2.37. The zero-order chi connectivity index (χ0) is 69.8. The molecule has 105 heavy (non-hydrogen) atoms. The van der Waals surface area contributed by atoms with Gasteiger partial charge in [-0.2, -0.15) is 0 Å². The van der Waals surface area contributed by atoms with Gasteiger partial charge in [0.05, 0.1) is 33.1 Å². The Morgan fingerprint density at radius 1 is 0.190 bits per heavy atom. The van der Waals surface area contributed by atoms with E-state index in [1.807, 2.05) is 0 Å². The highest BCUT2D eigenvalue weighted by molar-refractivity contribution is 6.15. The molecular weight excluding hydrogens is 1270 g/mol. The van der Waals surface area contributed by atoms with E-state index in [1.165, 1.54) is 99.5 Å². The monoisotopic (exact) mass is 1340 g/mol. The molecule has 0 atom stereocenters. The van der Waals surface area contributed by atoms with E-state index in [9.17, 15) is 0 Å². The lowest BCUT2D eigenvalue weighted by Crippen LogP contribution is -2.15. The highest BCUT2D eigenvalue weighted by atomic mass is 15.0. The van der Waals surface area contributed by atoms with Crippen LogP contribution in [-0.4, -0.2) is 28.7 Å². The maximum Gasteiger partial charge on any atom is 0.164 e. The van der Waals surface area contributed by atoms with Crippen molar-refractivity contribution in [3.8, 4) is 118 Å². The summed E-state index contributed by atoms with van der Waals surface area (Å²) in [5.41, 5.74) is 32.5. The summed E-state index contributed by atoms with van der Waals surface area (Å²) in [7, 11) is 0. The van der Waals surface area contributed by atoms with Gasteiger partial charge in [0.2, 0.25) is 0 Å². The van der Waals surface area contributed by atoms with Crippen molar-refractivity contribution >= 4 is 65.4 Å². The van der Waals surface area contributed by atoms with E-state index in [4.69, 9.17) is 15.0 Å². The van der Waals surface area contributed by atoms with Crippen LogP contribution in [0.4, 0.5) is 0 Å². The maximum atomic E-state index is 5.38. The number of nitrogens with zero attached hydrogens (tertiary/aromatic N) is 6. The van der Waals surface area contributed by atoms with Crippen LogP contribution in [0.3, 0.4) is 0 Å². The number of hydrogen-bond donors (Lipinski definition) is 0. The summed E-state index contributed by atoms with van der Waals surface area (Å²) < 4.78 is 7.39. The summed E-state index contributed by atoms with van der Waals surface area (Å²) in [6, 6.07) is 125. The zero-order valence-corrected chi connectivity index (χ0v) is 58.5. The molecule has 21 rings (SSSR count). The molecule has 2 aliphatic rings. The molecule has 0 saturated carbocycles. The van der Waals surface area contributed by atoms with Crippen LogP contribution in [0.25, 0.3) is 183 Å². The Labute approximate surface area is 608 Å². The SMILES string of the molecule is CC1(C)c2ccccc2-c2ccc(-n3c4ccccc4c4cc(-c5ccc6c7ccc(-c8ccc9c(c8)c8ccccc8n9-c8ccc9c(c8)C(C)(C)c8ccccc8-9)cc7n(-c7cccc(-c8nc(-c9ccc(-c%10ccccc%10)cc9)nc(-c9ccc(-c%10ccccc%10)cc9)n8)c7)c6c5)ccc43)cc21. The lowest BCUT2D eigenvalue weighted by atomic mass is 9.82. The van der Waals surface area contributed by atoms with E-state index < -0.39 is 0 Å². The molecule has 4 heterocycles. The number of hydrogen-bond acceptors (Lipinski definition) is 3. The van der Waals surface area contributed by atoms with Crippen LogP contribution in [0, 0.1) is 0 Å². The van der Waals surface area contributed by atoms with E-state index >= 15 is 0 Å². The number of benzene rings is 15. The smallest absolute Gasteiger partial charge is 0.164 e. The van der Waals surface area contributed by atoms with Crippen molar-refractivity contribution in [2.45, 2.75) is 38.5 Å². The van der Waals surface area contributed by atoms with Gasteiger partial charge in [0.1, 0.15) is 0 Å². The Balaban J connectivity index is 0.728. The molecule has 19 aromatic rings. The van der Waals surface area contributed by atoms with Crippen molar-refractivity contribution in [2.24, 2.45) is 0 Å². The fourth-order valence-electron chi connectivity index (χ4n) is 17.6. The second kappa shape index (κ2) is 23.1. The van der Waals surface area contributed by atoms with E-state index in [1.54, 1.807) is 0 Å². The molecule has 0 N–H and O–H groups in total. The van der Waals surface area contributed by atoms with Gasteiger partial charge >= 0.3 is 0 Å². The van der Waals surface area contributed by atoms with Crippen molar-refractivity contribution in [2.75, 3.05) is 0 Å². The van der Waals surface area contributed by atoms with Crippen LogP contribution in [-0.2, 0) is 10.8 Å². The molecule has 0 bridgehead atoms. The van der Waals surface area contributed by atoms with E-state index in [0.717, 1.165) is 88.7 Å². The standard InChI is InChI=1S/C99H68N6/c1-98(2)85-30-15-11-26-75(85)77-50-46-73(59-87(77)98)103-89-32-17-13-28-79(89)83-55-67(44-52-91(83)103)69-42-48-81-82-49-43-70(68-45-53-92-84(56-68)80-29-14-18-33-90(80)104(92)74-47-51-78-76-27-12-16-31-86(76)99(3,4)88(78)60-74)58-94(82)105(93(81)57-69)72-25-19-24-71(54-72)97-101-95(65-38-34-63(35-39-65)61-20-7-5-8-21-61)100-96(102-97)66-40-36-64(37-41-66)62-22-9-6-10-23-62/h5-60H,1-4H3. The molecule has 4 aromatic heterocycles. The minimum atomic E-state index is -0.127. The first-order valence-corrected chi connectivity index (χ1v) is 36.4. The van der Waals surface area contributed by atoms with Gasteiger partial charge in [-0.25, -0.2) is 15.0 Å². The van der Waals surface area contributed by atoms with Gasteiger partial charge in [0, 0.05) is 76.9 Å². The summed E-state index contributed by atoms with van der Waals surface area (Å²) >= 11 is 0. The van der Waals surface area contributed by atoms with Gasteiger partial charge < -0.3 is 13.7 Å². The molecule has 494 valence electrons. The second-order valence-electron chi connectivity index (χ2n) is 29.5. The molecule has 0 unspecified atom stereocenters. The first-order valence-electron chi connectivity index (χ1n) is 36.4. The van der Waals surface area contributed by atoms with Crippen LogP contribution in [0.1, 0.15) is 49.9 Å². The zero-order valence-electron chi connectivity index (χ0n) is 58.5. The predicted molar refractivity (Wildman–Crippen MR) is 436 cm³/mol. The lowest BCUT2D eigenvalue weighted by Gasteiger charge is -2.22. The first kappa shape index (κ1) is 60.5. The molecule has 0 fully saturated rings. The van der Waals surface area contributed by atoms with Crippen molar-refractivity contribution < 1.29 is 0 Å². The lowest BCUT2D eigenvalue weighted by molar-refractivity contribution is 0.660. The van der Waals surface area contributed by atoms with Crippen LogP contribution in [0.2, 0.25) is 0 Å². The molecular formula is C99H68N6. The highest BCUT2D eigenvalue weighted by Crippen LogP contribution is 2.52. The third-order valence-electron chi connectivity index (χ3n) is 22.9. The molecule has 0 radical (unpaired) electrons. The normalized spacial score (nSPS) is 13.3. The van der Waals surface area contributed by atoms with Crippen LogP contribution >= 0.6 is 0 Å². The summed E-state index contributed by atoms with van der Waals surface area (Å²) in [5, 5.41) is 7.18. The summed E-state index contributed by atoms with van der Waals surface area (Å²) in [5.74, 6) is 1.78. The molecule has 6 nitrogen and oxygen atoms in total. The van der Waals surface area contributed by atoms with Gasteiger partial charge in [-0.1, -0.05) is 282 Å². The average molecular weight is 1340 g/mol. The Morgan fingerprint density at radius 3 is 0.990 bits per heavy atom. The third kappa shape index (κ3) is 9.46. The number of fused-ring (bicyclic) bond motifs is 15. The van der Waals surface area contributed by atoms with Crippen molar-refractivity contribution in [3.63, 3.8) is 0 Å². The summed E-state index contributed by atoms with van der Waals surface area (Å²) in [4.78, 5) is 16.0. The van der Waals surface area contributed by atoms with Crippen LogP contribution in [0.5, 0.6) is 0 Å². The van der Waals surface area contributed by atoms with E-state index in [0.29, 0.717) is 17.5 Å². The minimum absolute atomic E-state index is 0.127. The molecule has 0 spiro atoms. The van der Waals surface area contributed by atoms with Crippen LogP contribution in [0.15, 0.2) is 340 Å². The second-order valence-corrected chi connectivity index (χ2v) is 29.5. The van der Waals surface area contributed by atoms with Crippen LogP contribution < -0.4 is 0 Å². The van der Waals surface area contributed by atoms with Crippen molar-refractivity contribution in [1.82, 2.24) is 28.7 Å². The number of para-hydroxylation sites is 2. The van der Waals surface area contributed by atoms with Gasteiger partial charge in [-0.05, 0) is 174 Å². The van der Waals surface area contributed by atoms with Gasteiger partial charge in [-0.3, -0.25) is 0 Å². The van der Waals surface area contributed by atoms with Gasteiger partial charge in [0.25, 0.3) is 0 Å². The van der Waals surface area contributed by atoms with Gasteiger partial charge in [0.15, 0.2) is 17.5 Å². The quantitative estimate of drug-likeness (QED) is 0.137. The molecule has 0 saturated heterocycles. The Kier molecular flexibility index (Phi) is 13.3. The van der Waals surface area contributed by atoms with Crippen molar-refractivity contribution in [1.29, 1.82) is 0 Å². The predicted octanol–water partition coefficient (Wildman–Crippen LogP) is 25.4. The van der Waals surface area contributed by atoms with Crippen molar-refractivity contribution in [3.05, 3.63) is 362 Å². The minimum Gasteiger partial charge on any atom is -0.309 e. The molecule has 15 aromatic carbocycles. The number of aromatic nitrogens is 6. The van der Waals surface area contributed by atoms with E-state index in [2.05, 4.69) is 381 Å². The molecule has 6 heteroatoms. The van der Waals surface area contributed by atoms with Gasteiger partial charge in [-0.15, -0.1) is 0 Å². The first-order chi connectivity index (χ1) is 51.5. The third-order valence-corrected chi connectivity index (χ3v) is 22.9. The summed E-state index contributed by atoms with van der Waals surface area (Å²) in [6.07, 6.45) is 0. The molecule has 2 aliphatic carbocycles. The maximum absolute atomic E-state index is 5.38. The number of rotatable bonds is 10. The Morgan fingerprint density at radius 2 is 0.514 bits per heavy atom. The fourth-order valence-corrected chi connectivity index (χ4v) is 17.6. The largest absolute Gasteiger partial charge is 0.309 e. The topological polar surface area (TPSA) is 53.5 Å². The summed E-state index contributed by atoms with van der Waals surface area (Å²) in [6.45, 7) is 9.45. The molecule has 0 aliphatic heterocycles. The average Bonchev–Trinajstić information content (AvgIpc) is 1.58. The molecule has 0 amide bonds.